The second-order valence-corrected chi connectivity index (χ2v) is 6.52. The molecule has 0 saturated carbocycles. The number of rotatable bonds is 8. The SMILES string of the molecule is COc1ccc(C=NCc2ccccc2)cc1COc1ccc(NC(C)=O)cc1. The van der Waals surface area contributed by atoms with E-state index in [2.05, 4.69) is 22.4 Å². The molecule has 0 aliphatic carbocycles. The molecule has 0 aromatic heterocycles. The fraction of sp³-hybridized carbons (Fsp3) is 0.167. The number of nitrogens with zero attached hydrogens (tertiary/aromatic N) is 1. The van der Waals surface area contributed by atoms with Gasteiger partial charge >= 0.3 is 0 Å². The Morgan fingerprint density at radius 1 is 1.03 bits per heavy atom. The Bertz CT molecular complexity index is 967. The Morgan fingerprint density at radius 2 is 1.79 bits per heavy atom. The van der Waals surface area contributed by atoms with Crippen LogP contribution in [0.3, 0.4) is 0 Å². The molecule has 148 valence electrons. The summed E-state index contributed by atoms with van der Waals surface area (Å²) in [4.78, 5) is 15.6. The van der Waals surface area contributed by atoms with Crippen molar-refractivity contribution in [2.24, 2.45) is 4.99 Å². The molecular formula is C24H24N2O3. The van der Waals surface area contributed by atoms with E-state index in [9.17, 15) is 4.79 Å². The molecule has 0 aliphatic rings. The number of aliphatic imine (C=N–C) groups is 1. The summed E-state index contributed by atoms with van der Waals surface area (Å²) in [6.07, 6.45) is 1.86. The summed E-state index contributed by atoms with van der Waals surface area (Å²) >= 11 is 0. The quantitative estimate of drug-likeness (QED) is 0.561. The monoisotopic (exact) mass is 388 g/mol. The molecule has 3 aromatic carbocycles. The number of benzene rings is 3. The average molecular weight is 388 g/mol. The molecule has 3 aromatic rings. The van der Waals surface area contributed by atoms with E-state index < -0.39 is 0 Å². The van der Waals surface area contributed by atoms with Crippen molar-refractivity contribution in [2.45, 2.75) is 20.1 Å². The van der Waals surface area contributed by atoms with Crippen LogP contribution in [-0.4, -0.2) is 19.2 Å². The molecule has 0 spiro atoms. The molecule has 5 nitrogen and oxygen atoms in total. The second-order valence-electron chi connectivity index (χ2n) is 6.52. The van der Waals surface area contributed by atoms with Gasteiger partial charge in [0, 0.05) is 24.4 Å². The van der Waals surface area contributed by atoms with E-state index in [1.807, 2.05) is 54.7 Å². The Hall–Kier alpha value is -3.60. The van der Waals surface area contributed by atoms with Crippen molar-refractivity contribution < 1.29 is 14.3 Å². The largest absolute Gasteiger partial charge is 0.496 e. The highest BCUT2D eigenvalue weighted by molar-refractivity contribution is 5.88. The second kappa shape index (κ2) is 10.1. The van der Waals surface area contributed by atoms with Crippen LogP contribution in [0, 0.1) is 0 Å². The lowest BCUT2D eigenvalue weighted by molar-refractivity contribution is -0.114. The molecule has 0 atom stereocenters. The van der Waals surface area contributed by atoms with Crippen molar-refractivity contribution in [1.29, 1.82) is 0 Å². The first-order chi connectivity index (χ1) is 14.1. The number of hydrogen-bond acceptors (Lipinski definition) is 4. The van der Waals surface area contributed by atoms with E-state index in [0.717, 1.165) is 22.6 Å². The van der Waals surface area contributed by atoms with E-state index in [1.165, 1.54) is 12.5 Å². The van der Waals surface area contributed by atoms with Gasteiger partial charge in [-0.05, 0) is 53.6 Å². The van der Waals surface area contributed by atoms with Gasteiger partial charge in [0.25, 0.3) is 0 Å². The Kier molecular flexibility index (Phi) is 7.00. The highest BCUT2D eigenvalue weighted by Crippen LogP contribution is 2.23. The van der Waals surface area contributed by atoms with Crippen molar-refractivity contribution >= 4 is 17.8 Å². The molecule has 0 unspecified atom stereocenters. The molecule has 1 amide bonds. The molecule has 0 saturated heterocycles. The molecule has 29 heavy (non-hydrogen) atoms. The van der Waals surface area contributed by atoms with Crippen LogP contribution in [0.5, 0.6) is 11.5 Å². The molecular weight excluding hydrogens is 364 g/mol. The molecule has 0 radical (unpaired) electrons. The van der Waals surface area contributed by atoms with E-state index in [0.29, 0.717) is 18.9 Å². The lowest BCUT2D eigenvalue weighted by Crippen LogP contribution is -2.05. The minimum absolute atomic E-state index is 0.103. The zero-order valence-electron chi connectivity index (χ0n) is 16.6. The Balaban J connectivity index is 1.64. The lowest BCUT2D eigenvalue weighted by Gasteiger charge is -2.12. The summed E-state index contributed by atoms with van der Waals surface area (Å²) in [7, 11) is 1.64. The maximum absolute atomic E-state index is 11.1. The third-order valence-electron chi connectivity index (χ3n) is 4.23. The highest BCUT2D eigenvalue weighted by atomic mass is 16.5. The number of amides is 1. The van der Waals surface area contributed by atoms with Crippen LogP contribution in [0.4, 0.5) is 5.69 Å². The molecule has 5 heteroatoms. The van der Waals surface area contributed by atoms with Gasteiger partial charge in [0.05, 0.1) is 13.7 Å². The molecule has 0 aliphatic heterocycles. The van der Waals surface area contributed by atoms with Crippen LogP contribution in [-0.2, 0) is 17.9 Å². The normalized spacial score (nSPS) is 10.7. The summed E-state index contributed by atoms with van der Waals surface area (Å²) in [5.74, 6) is 1.37. The zero-order chi connectivity index (χ0) is 20.5. The maximum atomic E-state index is 11.1. The maximum Gasteiger partial charge on any atom is 0.221 e. The third-order valence-corrected chi connectivity index (χ3v) is 4.23. The van der Waals surface area contributed by atoms with Crippen LogP contribution in [0.2, 0.25) is 0 Å². The molecule has 0 fully saturated rings. The first kappa shape index (κ1) is 20.1. The van der Waals surface area contributed by atoms with Gasteiger partial charge in [-0.15, -0.1) is 0 Å². The Morgan fingerprint density at radius 3 is 2.48 bits per heavy atom. The topological polar surface area (TPSA) is 59.9 Å². The first-order valence-corrected chi connectivity index (χ1v) is 9.35. The predicted octanol–water partition coefficient (Wildman–Crippen LogP) is 4.85. The number of carbonyl (C=O) groups excluding carboxylic acids is 1. The standard InChI is InChI=1S/C24H24N2O3/c1-18(27)26-22-9-11-23(12-10-22)29-17-21-14-20(8-13-24(21)28-2)16-25-15-19-6-4-3-5-7-19/h3-14,16H,15,17H2,1-2H3,(H,26,27). The lowest BCUT2D eigenvalue weighted by atomic mass is 10.1. The van der Waals surface area contributed by atoms with Gasteiger partial charge in [-0.2, -0.15) is 0 Å². The van der Waals surface area contributed by atoms with Crippen molar-refractivity contribution in [3.05, 3.63) is 89.5 Å². The van der Waals surface area contributed by atoms with E-state index in [-0.39, 0.29) is 5.91 Å². The minimum Gasteiger partial charge on any atom is -0.496 e. The molecule has 1 N–H and O–H groups in total. The minimum atomic E-state index is -0.103. The summed E-state index contributed by atoms with van der Waals surface area (Å²) in [6.45, 7) is 2.48. The van der Waals surface area contributed by atoms with Crippen molar-refractivity contribution in [1.82, 2.24) is 0 Å². The number of methoxy groups -OCH3 is 1. The van der Waals surface area contributed by atoms with E-state index in [1.54, 1.807) is 19.2 Å². The first-order valence-electron chi connectivity index (χ1n) is 9.35. The summed E-state index contributed by atoms with van der Waals surface area (Å²) in [5, 5.41) is 2.73. The van der Waals surface area contributed by atoms with Crippen molar-refractivity contribution in [2.75, 3.05) is 12.4 Å². The Labute approximate surface area is 171 Å². The summed E-state index contributed by atoms with van der Waals surface area (Å²) < 4.78 is 11.3. The van der Waals surface area contributed by atoms with E-state index >= 15 is 0 Å². The van der Waals surface area contributed by atoms with Gasteiger partial charge in [-0.1, -0.05) is 30.3 Å². The van der Waals surface area contributed by atoms with Crippen LogP contribution in [0.15, 0.2) is 77.8 Å². The molecule has 0 heterocycles. The van der Waals surface area contributed by atoms with Crippen LogP contribution >= 0.6 is 0 Å². The fourth-order valence-corrected chi connectivity index (χ4v) is 2.83. The van der Waals surface area contributed by atoms with Gasteiger partial charge in [0.1, 0.15) is 18.1 Å². The summed E-state index contributed by atoms with van der Waals surface area (Å²) in [5.41, 5.74) is 3.83. The molecule has 0 bridgehead atoms. The fourth-order valence-electron chi connectivity index (χ4n) is 2.83. The van der Waals surface area contributed by atoms with E-state index in [4.69, 9.17) is 9.47 Å². The van der Waals surface area contributed by atoms with Gasteiger partial charge < -0.3 is 14.8 Å². The number of anilines is 1. The van der Waals surface area contributed by atoms with Crippen LogP contribution in [0.25, 0.3) is 0 Å². The number of carbonyl (C=O) groups is 1. The van der Waals surface area contributed by atoms with Gasteiger partial charge in [-0.25, -0.2) is 0 Å². The number of ether oxygens (including phenoxy) is 2. The predicted molar refractivity (Wildman–Crippen MR) is 116 cm³/mol. The van der Waals surface area contributed by atoms with Crippen LogP contribution in [0.1, 0.15) is 23.6 Å². The summed E-state index contributed by atoms with van der Waals surface area (Å²) in [6, 6.07) is 23.3. The zero-order valence-corrected chi connectivity index (χ0v) is 16.6. The number of nitrogens with one attached hydrogen (secondary N) is 1. The number of hydrogen-bond donors (Lipinski definition) is 1. The smallest absolute Gasteiger partial charge is 0.221 e. The van der Waals surface area contributed by atoms with Gasteiger partial charge in [-0.3, -0.25) is 9.79 Å². The van der Waals surface area contributed by atoms with Crippen LogP contribution < -0.4 is 14.8 Å². The average Bonchev–Trinajstić information content (AvgIpc) is 2.74. The van der Waals surface area contributed by atoms with Gasteiger partial charge in [0.2, 0.25) is 5.91 Å². The highest BCUT2D eigenvalue weighted by Gasteiger charge is 2.06. The van der Waals surface area contributed by atoms with Crippen molar-refractivity contribution in [3.63, 3.8) is 0 Å². The van der Waals surface area contributed by atoms with Crippen molar-refractivity contribution in [3.8, 4) is 11.5 Å². The third kappa shape index (κ3) is 6.21. The molecule has 3 rings (SSSR count). The van der Waals surface area contributed by atoms with Gasteiger partial charge in [0.15, 0.2) is 0 Å².